The lowest BCUT2D eigenvalue weighted by Gasteiger charge is -2.01. The van der Waals surface area contributed by atoms with Crippen molar-refractivity contribution >= 4 is 56.5 Å². The Morgan fingerprint density at radius 1 is 0.696 bits per heavy atom. The summed E-state index contributed by atoms with van der Waals surface area (Å²) >= 11 is 0. The second kappa shape index (κ2) is 4.38. The van der Waals surface area contributed by atoms with Gasteiger partial charge in [-0.15, -0.1) is 0 Å². The summed E-state index contributed by atoms with van der Waals surface area (Å²) in [6, 6.07) is 17.1. The van der Waals surface area contributed by atoms with Crippen molar-refractivity contribution in [1.82, 2.24) is 0 Å². The number of para-hydroxylation sites is 2. The minimum Gasteiger partial charge on any atom is -0.456 e. The number of benzene rings is 3. The van der Waals surface area contributed by atoms with E-state index in [1.807, 2.05) is 48.5 Å². The Bertz CT molecular complexity index is 1200. The molecule has 110 valence electrons. The zero-order valence-corrected chi connectivity index (χ0v) is 12.0. The van der Waals surface area contributed by atoms with Crippen LogP contribution in [-0.2, 0) is 0 Å². The van der Waals surface area contributed by atoms with Crippen LogP contribution in [0, 0.1) is 0 Å². The Kier molecular flexibility index (Phi) is 2.43. The molecule has 0 bridgehead atoms. The van der Waals surface area contributed by atoms with Crippen LogP contribution in [-0.4, -0.2) is 17.2 Å². The summed E-state index contributed by atoms with van der Waals surface area (Å²) in [6.07, 6.45) is 0. The molecule has 0 spiro atoms. The first kappa shape index (κ1) is 12.8. The molecule has 2 heterocycles. The van der Waals surface area contributed by atoms with E-state index < -0.39 is 7.12 Å². The van der Waals surface area contributed by atoms with Crippen LogP contribution in [0.4, 0.5) is 0 Å². The molecule has 0 atom stereocenters. The lowest BCUT2D eigenvalue weighted by molar-refractivity contribution is 0.425. The van der Waals surface area contributed by atoms with E-state index in [4.69, 9.17) is 8.83 Å². The smallest absolute Gasteiger partial charge is 0.456 e. The SMILES string of the molecule is OB(O)c1cc2c3ccccc3oc2c2c1oc1ccccc12. The fourth-order valence-electron chi connectivity index (χ4n) is 3.28. The number of hydrogen-bond donors (Lipinski definition) is 2. The highest BCUT2D eigenvalue weighted by Gasteiger charge is 2.24. The predicted octanol–water partition coefficient (Wildman–Crippen LogP) is 3.17. The van der Waals surface area contributed by atoms with Crippen molar-refractivity contribution in [2.75, 3.05) is 0 Å². The average Bonchev–Trinajstić information content (AvgIpc) is 3.11. The first-order valence-electron chi connectivity index (χ1n) is 7.35. The van der Waals surface area contributed by atoms with Crippen LogP contribution < -0.4 is 5.46 Å². The maximum Gasteiger partial charge on any atom is 0.492 e. The van der Waals surface area contributed by atoms with E-state index in [2.05, 4.69) is 0 Å². The second-order valence-corrected chi connectivity index (χ2v) is 5.62. The lowest BCUT2D eigenvalue weighted by atomic mass is 9.78. The third kappa shape index (κ3) is 1.63. The van der Waals surface area contributed by atoms with Crippen molar-refractivity contribution in [3.8, 4) is 0 Å². The number of fused-ring (bicyclic) bond motifs is 7. The summed E-state index contributed by atoms with van der Waals surface area (Å²) in [7, 11) is -1.61. The quantitative estimate of drug-likeness (QED) is 0.467. The molecule has 2 N–H and O–H groups in total. The van der Waals surface area contributed by atoms with Gasteiger partial charge in [-0.2, -0.15) is 0 Å². The lowest BCUT2D eigenvalue weighted by Crippen LogP contribution is -2.30. The normalized spacial score (nSPS) is 11.9. The maximum absolute atomic E-state index is 9.78. The van der Waals surface area contributed by atoms with E-state index in [1.165, 1.54) is 0 Å². The van der Waals surface area contributed by atoms with Gasteiger partial charge in [-0.1, -0.05) is 36.4 Å². The predicted molar refractivity (Wildman–Crippen MR) is 90.8 cm³/mol. The molecular weight excluding hydrogens is 291 g/mol. The van der Waals surface area contributed by atoms with Crippen LogP contribution in [0.25, 0.3) is 43.9 Å². The van der Waals surface area contributed by atoms with Crippen molar-refractivity contribution < 1.29 is 18.9 Å². The van der Waals surface area contributed by atoms with Gasteiger partial charge in [0.05, 0.1) is 5.39 Å². The van der Waals surface area contributed by atoms with Crippen LogP contribution in [0.3, 0.4) is 0 Å². The van der Waals surface area contributed by atoms with Gasteiger partial charge >= 0.3 is 7.12 Å². The molecule has 3 aromatic carbocycles. The molecule has 0 radical (unpaired) electrons. The van der Waals surface area contributed by atoms with Gasteiger partial charge in [-0.25, -0.2) is 0 Å². The average molecular weight is 302 g/mol. The van der Waals surface area contributed by atoms with Crippen molar-refractivity contribution in [3.05, 3.63) is 54.6 Å². The fraction of sp³-hybridized carbons (Fsp3) is 0. The van der Waals surface area contributed by atoms with Gasteiger partial charge in [0.15, 0.2) is 0 Å². The number of rotatable bonds is 1. The van der Waals surface area contributed by atoms with Gasteiger partial charge in [0.2, 0.25) is 0 Å². The third-order valence-corrected chi connectivity index (χ3v) is 4.30. The molecule has 0 unspecified atom stereocenters. The van der Waals surface area contributed by atoms with Gasteiger partial charge in [0.1, 0.15) is 22.3 Å². The molecule has 5 rings (SSSR count). The Morgan fingerprint density at radius 2 is 1.30 bits per heavy atom. The minimum absolute atomic E-state index is 0.343. The van der Waals surface area contributed by atoms with Gasteiger partial charge in [0, 0.05) is 21.6 Å². The van der Waals surface area contributed by atoms with Crippen LogP contribution >= 0.6 is 0 Å². The summed E-state index contributed by atoms with van der Waals surface area (Å²) in [6.45, 7) is 0. The summed E-state index contributed by atoms with van der Waals surface area (Å²) in [5.41, 5.74) is 2.95. The fourth-order valence-corrected chi connectivity index (χ4v) is 3.28. The van der Waals surface area contributed by atoms with Crippen molar-refractivity contribution in [1.29, 1.82) is 0 Å². The van der Waals surface area contributed by atoms with E-state index in [-0.39, 0.29) is 0 Å². The van der Waals surface area contributed by atoms with E-state index in [0.717, 1.165) is 27.1 Å². The Morgan fingerprint density at radius 3 is 2.04 bits per heavy atom. The standard InChI is InChI=1S/C18H11BO4/c20-19(21)13-9-12-10-5-1-3-7-14(10)22-17(12)16-11-6-2-4-8-15(11)23-18(13)16/h1-9,20-21H. The number of furan rings is 2. The van der Waals surface area contributed by atoms with E-state index >= 15 is 0 Å². The highest BCUT2D eigenvalue weighted by atomic mass is 16.4. The molecule has 0 aliphatic carbocycles. The van der Waals surface area contributed by atoms with E-state index in [9.17, 15) is 10.0 Å². The molecule has 5 heteroatoms. The number of hydrogen-bond acceptors (Lipinski definition) is 4. The van der Waals surface area contributed by atoms with E-state index in [1.54, 1.807) is 6.07 Å². The molecule has 0 aliphatic heterocycles. The molecule has 4 nitrogen and oxygen atoms in total. The zero-order chi connectivity index (χ0) is 15.6. The molecule has 0 saturated heterocycles. The van der Waals surface area contributed by atoms with Crippen molar-refractivity contribution in [2.24, 2.45) is 0 Å². The topological polar surface area (TPSA) is 66.7 Å². The molecule has 0 aliphatic rings. The van der Waals surface area contributed by atoms with Crippen molar-refractivity contribution in [3.63, 3.8) is 0 Å². The van der Waals surface area contributed by atoms with Gasteiger partial charge in [-0.05, 0) is 18.2 Å². The van der Waals surface area contributed by atoms with Crippen molar-refractivity contribution in [2.45, 2.75) is 0 Å². The molecule has 0 saturated carbocycles. The van der Waals surface area contributed by atoms with Crippen LogP contribution in [0.5, 0.6) is 0 Å². The Labute approximate surface area is 130 Å². The highest BCUT2D eigenvalue weighted by Crippen LogP contribution is 2.38. The van der Waals surface area contributed by atoms with E-state index in [0.29, 0.717) is 22.2 Å². The largest absolute Gasteiger partial charge is 0.492 e. The minimum atomic E-state index is -1.61. The summed E-state index contributed by atoms with van der Waals surface area (Å²) in [5, 5.41) is 23.0. The molecule has 0 amide bonds. The van der Waals surface area contributed by atoms with Crippen LogP contribution in [0.1, 0.15) is 0 Å². The summed E-state index contributed by atoms with van der Waals surface area (Å²) in [5.74, 6) is 0. The molecular formula is C18H11BO4. The Hall–Kier alpha value is -2.76. The first-order chi connectivity index (χ1) is 11.2. The van der Waals surface area contributed by atoms with Gasteiger partial charge < -0.3 is 18.9 Å². The molecule has 5 aromatic rings. The van der Waals surface area contributed by atoms with Crippen LogP contribution in [0.15, 0.2) is 63.4 Å². The third-order valence-electron chi connectivity index (χ3n) is 4.30. The first-order valence-corrected chi connectivity index (χ1v) is 7.35. The second-order valence-electron chi connectivity index (χ2n) is 5.62. The van der Waals surface area contributed by atoms with Crippen LogP contribution in [0.2, 0.25) is 0 Å². The highest BCUT2D eigenvalue weighted by molar-refractivity contribution is 6.62. The monoisotopic (exact) mass is 302 g/mol. The maximum atomic E-state index is 9.78. The van der Waals surface area contributed by atoms with Gasteiger partial charge in [-0.3, -0.25) is 0 Å². The summed E-state index contributed by atoms with van der Waals surface area (Å²) < 4.78 is 11.9. The molecule has 23 heavy (non-hydrogen) atoms. The zero-order valence-electron chi connectivity index (χ0n) is 12.0. The summed E-state index contributed by atoms with van der Waals surface area (Å²) in [4.78, 5) is 0. The Balaban J connectivity index is 2.13. The van der Waals surface area contributed by atoms with Gasteiger partial charge in [0.25, 0.3) is 0 Å². The molecule has 0 fully saturated rings. The molecule has 2 aromatic heterocycles.